The normalized spacial score (nSPS) is 12.5. The molecule has 0 aliphatic carbocycles. The van der Waals surface area contributed by atoms with E-state index in [-0.39, 0.29) is 11.3 Å². The van der Waals surface area contributed by atoms with Crippen LogP contribution in [0, 0.1) is 6.92 Å². The first kappa shape index (κ1) is 20.8. The minimum Gasteiger partial charge on any atom is -0.342 e. The number of aryl methyl sites for hydroxylation is 1. The van der Waals surface area contributed by atoms with Gasteiger partial charge in [-0.1, -0.05) is 0 Å². The van der Waals surface area contributed by atoms with Gasteiger partial charge in [-0.3, -0.25) is 14.3 Å². The van der Waals surface area contributed by atoms with Gasteiger partial charge in [0.25, 0.3) is 12.3 Å². The average molecular weight is 470 g/mol. The molecule has 0 aliphatic rings. The van der Waals surface area contributed by atoms with Crippen LogP contribution in [0.5, 0.6) is 0 Å². The largest absolute Gasteiger partial charge is 0.342 e. The molecule has 14 heteroatoms. The second-order valence-corrected chi connectivity index (χ2v) is 8.46. The van der Waals surface area contributed by atoms with Gasteiger partial charge in [0.2, 0.25) is 5.82 Å². The van der Waals surface area contributed by atoms with E-state index in [1.165, 1.54) is 12.4 Å². The molecule has 33 heavy (non-hydrogen) atoms. The maximum atomic E-state index is 13.5. The fourth-order valence-corrected chi connectivity index (χ4v) is 4.25. The summed E-state index contributed by atoms with van der Waals surface area (Å²) in [6.07, 6.45) is 1.64. The number of carbonyl (C=O) groups is 1. The molecule has 0 aromatic carbocycles. The van der Waals surface area contributed by atoms with Crippen molar-refractivity contribution in [2.45, 2.75) is 26.3 Å². The highest BCUT2D eigenvalue weighted by Crippen LogP contribution is 2.31. The van der Waals surface area contributed by atoms with Crippen LogP contribution >= 0.6 is 11.3 Å². The van der Waals surface area contributed by atoms with E-state index in [0.717, 1.165) is 14.4 Å². The lowest BCUT2D eigenvalue weighted by atomic mass is 10.2. The summed E-state index contributed by atoms with van der Waals surface area (Å²) in [6.45, 7) is 3.72. The number of imidazole rings is 1. The molecular weight excluding hydrogens is 454 g/mol. The molecule has 0 radical (unpaired) electrons. The third-order valence-corrected chi connectivity index (χ3v) is 5.97. The molecule has 5 heterocycles. The van der Waals surface area contributed by atoms with Crippen molar-refractivity contribution in [3.63, 3.8) is 0 Å². The van der Waals surface area contributed by atoms with Gasteiger partial charge in [-0.25, -0.2) is 18.7 Å². The first-order valence-corrected chi connectivity index (χ1v) is 10.5. The Labute approximate surface area is 188 Å². The number of hydrogen-bond donors (Lipinski definition) is 2. The molecule has 0 aliphatic heterocycles. The Kier molecular flexibility index (Phi) is 5.12. The van der Waals surface area contributed by atoms with E-state index in [1.54, 1.807) is 35.1 Å². The zero-order valence-electron chi connectivity index (χ0n) is 17.3. The fourth-order valence-electron chi connectivity index (χ4n) is 3.38. The molecule has 168 valence electrons. The Bertz CT molecular complexity index is 1440. The summed E-state index contributed by atoms with van der Waals surface area (Å²) in [6, 6.07) is 4.86. The minimum atomic E-state index is -2.92. The number of aromatic amines is 1. The molecular formula is C19H16F2N10OS. The highest BCUT2D eigenvalue weighted by Gasteiger charge is 2.24. The Morgan fingerprint density at radius 2 is 2.12 bits per heavy atom. The second-order valence-electron chi connectivity index (χ2n) is 7.18. The van der Waals surface area contributed by atoms with Crippen molar-refractivity contribution < 1.29 is 13.6 Å². The van der Waals surface area contributed by atoms with Crippen molar-refractivity contribution in [2.75, 3.05) is 0 Å². The summed E-state index contributed by atoms with van der Waals surface area (Å²) in [5.41, 5.74) is 1.38. The molecule has 1 atom stereocenters. The smallest absolute Gasteiger partial charge is 0.299 e. The average Bonchev–Trinajstić information content (AvgIpc) is 3.59. The maximum absolute atomic E-state index is 13.5. The number of amides is 1. The molecule has 11 nitrogen and oxygen atoms in total. The van der Waals surface area contributed by atoms with Gasteiger partial charge >= 0.3 is 0 Å². The molecule has 0 unspecified atom stereocenters. The Morgan fingerprint density at radius 1 is 1.27 bits per heavy atom. The molecule has 5 aromatic heterocycles. The van der Waals surface area contributed by atoms with Crippen LogP contribution in [0.4, 0.5) is 8.78 Å². The van der Waals surface area contributed by atoms with Gasteiger partial charge in [0, 0.05) is 11.1 Å². The number of halogens is 2. The van der Waals surface area contributed by atoms with Crippen molar-refractivity contribution in [1.82, 2.24) is 50.1 Å². The second kappa shape index (κ2) is 8.12. The van der Waals surface area contributed by atoms with Gasteiger partial charge < -0.3 is 5.32 Å². The van der Waals surface area contributed by atoms with Gasteiger partial charge in [-0.2, -0.15) is 9.78 Å². The summed E-state index contributed by atoms with van der Waals surface area (Å²) in [4.78, 5) is 23.6. The number of nitrogens with one attached hydrogen (secondary N) is 2. The van der Waals surface area contributed by atoms with E-state index in [2.05, 4.69) is 41.0 Å². The van der Waals surface area contributed by atoms with Gasteiger partial charge in [-0.15, -0.1) is 16.4 Å². The number of H-pyrrole nitrogens is 1. The summed E-state index contributed by atoms with van der Waals surface area (Å²) in [7, 11) is 0. The summed E-state index contributed by atoms with van der Waals surface area (Å²) < 4.78 is 29.6. The van der Waals surface area contributed by atoms with Gasteiger partial charge in [0.1, 0.15) is 17.8 Å². The maximum Gasteiger partial charge on any atom is 0.299 e. The molecule has 0 fully saturated rings. The number of fused-ring (bicyclic) bond motifs is 1. The number of pyridine rings is 1. The number of tetrazole rings is 1. The lowest BCUT2D eigenvalue weighted by molar-refractivity contribution is 0.0938. The molecule has 5 rings (SSSR count). The minimum absolute atomic E-state index is 0.148. The third-order valence-electron chi connectivity index (χ3n) is 4.95. The van der Waals surface area contributed by atoms with Crippen LogP contribution in [-0.4, -0.2) is 50.7 Å². The molecule has 0 bridgehead atoms. The number of rotatable bonds is 6. The lowest BCUT2D eigenvalue weighted by Crippen LogP contribution is -2.28. The summed E-state index contributed by atoms with van der Waals surface area (Å²) in [5, 5.41) is 19.8. The molecule has 0 saturated heterocycles. The summed E-state index contributed by atoms with van der Waals surface area (Å²) in [5.74, 6) is -0.626. The van der Waals surface area contributed by atoms with Crippen LogP contribution in [0.1, 0.15) is 46.3 Å². The van der Waals surface area contributed by atoms with Crippen molar-refractivity contribution in [3.8, 4) is 16.3 Å². The first-order valence-electron chi connectivity index (χ1n) is 9.73. The van der Waals surface area contributed by atoms with E-state index < -0.39 is 24.2 Å². The van der Waals surface area contributed by atoms with Crippen molar-refractivity contribution >= 4 is 22.9 Å². The van der Waals surface area contributed by atoms with Crippen LogP contribution in [0.3, 0.4) is 0 Å². The zero-order chi connectivity index (χ0) is 23.1. The molecule has 0 saturated carbocycles. The topological polar surface area (TPSA) is 132 Å². The highest BCUT2D eigenvalue weighted by molar-refractivity contribution is 7.15. The van der Waals surface area contributed by atoms with Crippen molar-refractivity contribution in [1.29, 1.82) is 0 Å². The van der Waals surface area contributed by atoms with Crippen LogP contribution in [0.2, 0.25) is 0 Å². The fraction of sp³-hybridized carbons (Fsp3) is 0.211. The number of alkyl halides is 2. The number of nitrogens with zero attached hydrogens (tertiary/aromatic N) is 8. The molecule has 2 N–H and O–H groups in total. The number of hydrogen-bond acceptors (Lipinski definition) is 8. The predicted octanol–water partition coefficient (Wildman–Crippen LogP) is 2.89. The molecule has 1 amide bonds. The Balaban J connectivity index is 1.66. The van der Waals surface area contributed by atoms with E-state index in [0.29, 0.717) is 17.2 Å². The van der Waals surface area contributed by atoms with E-state index in [9.17, 15) is 13.6 Å². The number of carbonyl (C=O) groups excluding carboxylic acids is 1. The van der Waals surface area contributed by atoms with Gasteiger partial charge in [0.05, 0.1) is 28.4 Å². The predicted molar refractivity (Wildman–Crippen MR) is 113 cm³/mol. The number of thiophene rings is 1. The zero-order valence-corrected chi connectivity index (χ0v) is 18.1. The van der Waals surface area contributed by atoms with E-state index >= 15 is 0 Å². The number of aromatic nitrogens is 9. The van der Waals surface area contributed by atoms with E-state index in [1.807, 2.05) is 19.1 Å². The Morgan fingerprint density at radius 3 is 2.82 bits per heavy atom. The van der Waals surface area contributed by atoms with Gasteiger partial charge in [-0.05, 0) is 42.5 Å². The van der Waals surface area contributed by atoms with Crippen LogP contribution in [0.15, 0.2) is 36.9 Å². The lowest BCUT2D eigenvalue weighted by Gasteiger charge is -2.13. The van der Waals surface area contributed by atoms with E-state index in [4.69, 9.17) is 0 Å². The van der Waals surface area contributed by atoms with Crippen molar-refractivity contribution in [3.05, 3.63) is 59.0 Å². The quantitative estimate of drug-likeness (QED) is 0.390. The highest BCUT2D eigenvalue weighted by atomic mass is 32.1. The van der Waals surface area contributed by atoms with Crippen molar-refractivity contribution in [2.24, 2.45) is 0 Å². The first-order chi connectivity index (χ1) is 15.9. The van der Waals surface area contributed by atoms with Crippen LogP contribution in [-0.2, 0) is 0 Å². The van der Waals surface area contributed by atoms with Crippen LogP contribution in [0.25, 0.3) is 21.9 Å². The SMILES string of the molecule is Cc1ccc(-c2cnc3c(-n4nnnc4C(F)F)cc(C(=O)N[C@@H](C)c4ncn[nH]4)cn23)s1. The van der Waals surface area contributed by atoms with Crippen LogP contribution < -0.4 is 5.32 Å². The third kappa shape index (κ3) is 3.73. The molecule has 0 spiro atoms. The van der Waals surface area contributed by atoms with Gasteiger partial charge in [0.15, 0.2) is 5.65 Å². The monoisotopic (exact) mass is 470 g/mol. The summed E-state index contributed by atoms with van der Waals surface area (Å²) >= 11 is 1.55. The standard InChI is InChI=1S/C19H16F2N10OS/c1-9-3-4-14(33-9)13-6-22-17-12(31-18(15(20)21)27-28-29-31)5-11(7-30(13)17)19(32)25-10(2)16-23-8-24-26-16/h3-8,10,15H,1-2H3,(H,25,32)(H,23,24,26)/t10-/m0/s1. The Hall–Kier alpha value is -4.07. The molecule has 5 aromatic rings.